The van der Waals surface area contributed by atoms with Crippen molar-refractivity contribution >= 4 is 5.97 Å². The molecule has 0 aromatic heterocycles. The van der Waals surface area contributed by atoms with E-state index in [4.69, 9.17) is 5.11 Å². The maximum Gasteiger partial charge on any atom is 0.303 e. The molecule has 0 aromatic rings. The smallest absolute Gasteiger partial charge is 0.303 e. The van der Waals surface area contributed by atoms with Gasteiger partial charge in [-0.25, -0.2) is 0 Å². The lowest BCUT2D eigenvalue weighted by atomic mass is 10.2. The average Bonchev–Trinajstić information content (AvgIpc) is 2.52. The predicted octanol–water partition coefficient (Wildman–Crippen LogP) is 5.19. The first-order valence-electron chi connectivity index (χ1n) is 8.70. The van der Waals surface area contributed by atoms with Gasteiger partial charge in [0.1, 0.15) is 0 Å². The van der Waals surface area contributed by atoms with Crippen molar-refractivity contribution in [2.75, 3.05) is 0 Å². The molecule has 0 aliphatic rings. The van der Waals surface area contributed by atoms with Gasteiger partial charge in [0.15, 0.2) is 0 Å². The molecule has 0 saturated carbocycles. The van der Waals surface area contributed by atoms with Crippen LogP contribution >= 0.6 is 0 Å². The van der Waals surface area contributed by atoms with E-state index >= 15 is 0 Å². The van der Waals surface area contributed by atoms with Gasteiger partial charge in [-0.1, -0.05) is 68.4 Å². The van der Waals surface area contributed by atoms with Crippen molar-refractivity contribution in [2.24, 2.45) is 0 Å². The summed E-state index contributed by atoms with van der Waals surface area (Å²) < 4.78 is 0. The van der Waals surface area contributed by atoms with Gasteiger partial charge in [0.25, 0.3) is 0 Å². The molecule has 0 aliphatic carbocycles. The highest BCUT2D eigenvalue weighted by molar-refractivity contribution is 5.66. The van der Waals surface area contributed by atoms with E-state index in [2.05, 4.69) is 25.2 Å². The average molecular weight is 320 g/mol. The van der Waals surface area contributed by atoms with Gasteiger partial charge < -0.3 is 10.2 Å². The Morgan fingerprint density at radius 1 is 0.957 bits per heavy atom. The van der Waals surface area contributed by atoms with E-state index in [1.165, 1.54) is 19.3 Å². The molecule has 0 radical (unpaired) electrons. The van der Waals surface area contributed by atoms with Crippen LogP contribution in [0.5, 0.6) is 0 Å². The van der Waals surface area contributed by atoms with Crippen LogP contribution in [0.25, 0.3) is 0 Å². The van der Waals surface area contributed by atoms with E-state index < -0.39 is 12.1 Å². The van der Waals surface area contributed by atoms with Crippen molar-refractivity contribution in [3.8, 4) is 0 Å². The van der Waals surface area contributed by atoms with Gasteiger partial charge >= 0.3 is 5.97 Å². The Labute approximate surface area is 141 Å². The van der Waals surface area contributed by atoms with Crippen LogP contribution in [0.2, 0.25) is 0 Å². The van der Waals surface area contributed by atoms with E-state index in [0.29, 0.717) is 12.8 Å². The molecule has 0 saturated heterocycles. The van der Waals surface area contributed by atoms with E-state index in [1.807, 2.05) is 24.3 Å². The molecule has 0 fully saturated rings. The van der Waals surface area contributed by atoms with Crippen molar-refractivity contribution < 1.29 is 15.0 Å². The number of carboxylic acid groups (broad SMARTS) is 1. The number of aliphatic hydroxyl groups is 1. The van der Waals surface area contributed by atoms with Gasteiger partial charge in [-0.2, -0.15) is 0 Å². The standard InChI is InChI=1S/C20H32O3/c1-2-3-4-5-6-7-8-9-10-13-16-19(21)17-14-11-12-15-18-20(22)23/h6-7,9-11,13-14,16,19,21H,2-5,8,12,15,17-18H2,1H3,(H,22,23)/b7-6-,10-9-,14-11-,16-13+/t19-/m0/s1. The number of carbonyl (C=O) groups is 1. The summed E-state index contributed by atoms with van der Waals surface area (Å²) in [4.78, 5) is 10.3. The minimum absolute atomic E-state index is 0.199. The fraction of sp³-hybridized carbons (Fsp3) is 0.550. The normalized spacial score (nSPS) is 13.8. The number of hydrogen-bond donors (Lipinski definition) is 2. The van der Waals surface area contributed by atoms with Crippen LogP contribution < -0.4 is 0 Å². The Kier molecular flexibility index (Phi) is 15.6. The summed E-state index contributed by atoms with van der Waals surface area (Å²) in [7, 11) is 0. The highest BCUT2D eigenvalue weighted by atomic mass is 16.4. The van der Waals surface area contributed by atoms with Crippen LogP contribution in [0.4, 0.5) is 0 Å². The first kappa shape index (κ1) is 21.4. The summed E-state index contributed by atoms with van der Waals surface area (Å²) in [6.07, 6.45) is 23.5. The number of aliphatic carboxylic acids is 1. The van der Waals surface area contributed by atoms with E-state index in [9.17, 15) is 9.90 Å². The fourth-order valence-corrected chi connectivity index (χ4v) is 1.96. The molecule has 0 bridgehead atoms. The predicted molar refractivity (Wildman–Crippen MR) is 97.4 cm³/mol. The minimum atomic E-state index is -0.760. The van der Waals surface area contributed by atoms with Gasteiger partial charge in [0.05, 0.1) is 6.10 Å². The highest BCUT2D eigenvalue weighted by Gasteiger charge is 1.95. The van der Waals surface area contributed by atoms with Crippen LogP contribution in [0.3, 0.4) is 0 Å². The van der Waals surface area contributed by atoms with Crippen LogP contribution in [-0.4, -0.2) is 22.3 Å². The number of hydrogen-bond acceptors (Lipinski definition) is 2. The lowest BCUT2D eigenvalue weighted by Gasteiger charge is -1.99. The van der Waals surface area contributed by atoms with Crippen molar-refractivity contribution in [1.82, 2.24) is 0 Å². The zero-order valence-corrected chi connectivity index (χ0v) is 14.4. The van der Waals surface area contributed by atoms with Gasteiger partial charge in [-0.3, -0.25) is 4.79 Å². The third-order valence-corrected chi connectivity index (χ3v) is 3.30. The second kappa shape index (κ2) is 16.8. The summed E-state index contributed by atoms with van der Waals surface area (Å²) in [5.74, 6) is -0.760. The van der Waals surface area contributed by atoms with Crippen LogP contribution in [-0.2, 0) is 4.79 Å². The fourth-order valence-electron chi connectivity index (χ4n) is 1.96. The first-order chi connectivity index (χ1) is 11.2. The topological polar surface area (TPSA) is 57.5 Å². The maximum atomic E-state index is 10.3. The molecule has 130 valence electrons. The summed E-state index contributed by atoms with van der Waals surface area (Å²) >= 11 is 0. The molecule has 1 atom stereocenters. The quantitative estimate of drug-likeness (QED) is 0.263. The Hall–Kier alpha value is -1.61. The Morgan fingerprint density at radius 2 is 1.70 bits per heavy atom. The second-order valence-electron chi connectivity index (χ2n) is 5.58. The Balaban J connectivity index is 3.63. The summed E-state index contributed by atoms with van der Waals surface area (Å²) in [5.41, 5.74) is 0. The zero-order chi connectivity index (χ0) is 17.2. The number of aliphatic hydroxyl groups excluding tert-OH is 1. The molecular weight excluding hydrogens is 288 g/mol. The van der Waals surface area contributed by atoms with Crippen molar-refractivity contribution in [3.05, 3.63) is 48.6 Å². The van der Waals surface area contributed by atoms with Crippen LogP contribution in [0.15, 0.2) is 48.6 Å². The maximum absolute atomic E-state index is 10.3. The number of carboxylic acids is 1. The number of rotatable bonds is 14. The molecule has 0 heterocycles. The van der Waals surface area contributed by atoms with Gasteiger partial charge in [0.2, 0.25) is 0 Å². The lowest BCUT2D eigenvalue weighted by Crippen LogP contribution is -1.98. The summed E-state index contributed by atoms with van der Waals surface area (Å²) in [6.45, 7) is 2.21. The molecule has 2 N–H and O–H groups in total. The Morgan fingerprint density at radius 3 is 2.43 bits per heavy atom. The van der Waals surface area contributed by atoms with E-state index in [-0.39, 0.29) is 6.42 Å². The zero-order valence-electron chi connectivity index (χ0n) is 14.4. The second-order valence-corrected chi connectivity index (χ2v) is 5.58. The van der Waals surface area contributed by atoms with Crippen molar-refractivity contribution in [1.29, 1.82) is 0 Å². The molecule has 0 spiro atoms. The third kappa shape index (κ3) is 18.3. The number of allylic oxidation sites excluding steroid dienone is 6. The van der Waals surface area contributed by atoms with Gasteiger partial charge in [-0.05, 0) is 38.5 Å². The number of unbranched alkanes of at least 4 members (excludes halogenated alkanes) is 4. The molecule has 3 nitrogen and oxygen atoms in total. The van der Waals surface area contributed by atoms with Crippen molar-refractivity contribution in [2.45, 2.75) is 70.8 Å². The molecule has 3 heteroatoms. The minimum Gasteiger partial charge on any atom is -0.481 e. The van der Waals surface area contributed by atoms with Gasteiger partial charge in [0, 0.05) is 6.42 Å². The van der Waals surface area contributed by atoms with E-state index in [0.717, 1.165) is 19.3 Å². The molecule has 0 unspecified atom stereocenters. The molecule has 0 amide bonds. The van der Waals surface area contributed by atoms with Crippen LogP contribution in [0, 0.1) is 0 Å². The highest BCUT2D eigenvalue weighted by Crippen LogP contribution is 2.02. The van der Waals surface area contributed by atoms with E-state index in [1.54, 1.807) is 6.08 Å². The third-order valence-electron chi connectivity index (χ3n) is 3.30. The largest absolute Gasteiger partial charge is 0.481 e. The summed E-state index contributed by atoms with van der Waals surface area (Å²) in [6, 6.07) is 0. The molecule has 23 heavy (non-hydrogen) atoms. The molecular formula is C20H32O3. The SMILES string of the molecule is CCCCC/C=C\C/C=C\C=C\[C@H](O)C/C=C\CCCC(=O)O. The summed E-state index contributed by atoms with van der Waals surface area (Å²) in [5, 5.41) is 18.2. The monoisotopic (exact) mass is 320 g/mol. The van der Waals surface area contributed by atoms with Crippen LogP contribution in [0.1, 0.15) is 64.7 Å². The Bertz CT molecular complexity index is 392. The first-order valence-corrected chi connectivity index (χ1v) is 8.70. The van der Waals surface area contributed by atoms with Gasteiger partial charge in [-0.15, -0.1) is 0 Å². The van der Waals surface area contributed by atoms with Crippen molar-refractivity contribution in [3.63, 3.8) is 0 Å². The lowest BCUT2D eigenvalue weighted by molar-refractivity contribution is -0.137. The molecule has 0 aliphatic heterocycles. The molecule has 0 aromatic carbocycles. The molecule has 0 rings (SSSR count).